The van der Waals surface area contributed by atoms with Gasteiger partial charge in [-0.15, -0.1) is 0 Å². The topological polar surface area (TPSA) is 29.1 Å². The Hall–Kier alpha value is -3.08. The predicted octanol–water partition coefficient (Wildman–Crippen LogP) is 8.55. The van der Waals surface area contributed by atoms with Gasteiger partial charge in [0.2, 0.25) is 5.91 Å². The van der Waals surface area contributed by atoms with Crippen LogP contribution in [0.15, 0.2) is 66.7 Å². The Morgan fingerprint density at radius 2 is 1.42 bits per heavy atom. The Balaban J connectivity index is 1.26. The molecule has 2 aliphatic rings. The van der Waals surface area contributed by atoms with E-state index in [9.17, 15) is 18.0 Å². The monoisotopic (exact) mass is 491 g/mol. The number of aryl methyl sites for hydroxylation is 2. The molecule has 5 rings (SSSR count). The van der Waals surface area contributed by atoms with Gasteiger partial charge in [0.05, 0.1) is 11.3 Å². The molecule has 1 saturated carbocycles. The maximum absolute atomic E-state index is 13.3. The zero-order valence-corrected chi connectivity index (χ0v) is 20.4. The van der Waals surface area contributed by atoms with E-state index < -0.39 is 11.7 Å². The first-order chi connectivity index (χ1) is 17.4. The van der Waals surface area contributed by atoms with Crippen molar-refractivity contribution in [1.29, 1.82) is 0 Å². The molecule has 0 radical (unpaired) electrons. The van der Waals surface area contributed by atoms with Crippen molar-refractivity contribution in [1.82, 2.24) is 0 Å². The number of carbonyl (C=O) groups is 1. The van der Waals surface area contributed by atoms with Gasteiger partial charge in [-0.2, -0.15) is 13.2 Å². The van der Waals surface area contributed by atoms with Crippen LogP contribution in [0, 0.1) is 5.92 Å². The van der Waals surface area contributed by atoms with Gasteiger partial charge in [0.1, 0.15) is 0 Å². The SMILES string of the molecule is O=C(Nc1ccccc1C(F)(F)F)C1CCc2ccc(-c3ccc(C4CCCCC4)cc3)cc2CC1. The fraction of sp³-hybridized carbons (Fsp3) is 0.387. The first kappa shape index (κ1) is 24.6. The zero-order valence-electron chi connectivity index (χ0n) is 20.4. The standard InChI is InChI=1S/C31H32F3NO/c32-31(33,34)28-8-4-5-9-29(28)35-30(36)25-16-14-24-15-18-26(20-27(24)19-17-25)23-12-10-22(11-13-23)21-6-2-1-3-7-21/h4-5,8-13,15,18,20-21,25H,1-3,6-7,14,16-17,19H2,(H,35,36). The maximum atomic E-state index is 13.3. The molecule has 3 aromatic rings. The molecule has 1 fully saturated rings. The number of alkyl halides is 3. The number of amides is 1. The molecule has 0 bridgehead atoms. The number of halogens is 3. The lowest BCUT2D eigenvalue weighted by molar-refractivity contribution is -0.137. The predicted molar refractivity (Wildman–Crippen MR) is 138 cm³/mol. The van der Waals surface area contributed by atoms with Crippen LogP contribution in [0.25, 0.3) is 11.1 Å². The van der Waals surface area contributed by atoms with Gasteiger partial charge in [0, 0.05) is 5.92 Å². The van der Waals surface area contributed by atoms with Crippen molar-refractivity contribution in [3.63, 3.8) is 0 Å². The summed E-state index contributed by atoms with van der Waals surface area (Å²) in [5, 5.41) is 2.55. The highest BCUT2D eigenvalue weighted by atomic mass is 19.4. The zero-order chi connectivity index (χ0) is 25.1. The molecule has 1 atom stereocenters. The molecule has 2 nitrogen and oxygen atoms in total. The van der Waals surface area contributed by atoms with Gasteiger partial charge in [0.25, 0.3) is 0 Å². The molecule has 188 valence electrons. The fourth-order valence-corrected chi connectivity index (χ4v) is 5.81. The Labute approximate surface area is 210 Å². The molecule has 36 heavy (non-hydrogen) atoms. The first-order valence-electron chi connectivity index (χ1n) is 13.1. The van der Waals surface area contributed by atoms with Crippen molar-refractivity contribution in [2.45, 2.75) is 69.9 Å². The average Bonchev–Trinajstić information content (AvgIpc) is 3.11. The summed E-state index contributed by atoms with van der Waals surface area (Å²) in [6.45, 7) is 0. The normalized spacial score (nSPS) is 18.8. The number of carbonyl (C=O) groups excluding carboxylic acids is 1. The smallest absolute Gasteiger partial charge is 0.325 e. The largest absolute Gasteiger partial charge is 0.418 e. The Kier molecular flexibility index (Phi) is 7.17. The van der Waals surface area contributed by atoms with Crippen LogP contribution < -0.4 is 5.32 Å². The lowest BCUT2D eigenvalue weighted by Gasteiger charge is -2.22. The van der Waals surface area contributed by atoms with Crippen LogP contribution in [-0.4, -0.2) is 5.91 Å². The second-order valence-corrected chi connectivity index (χ2v) is 10.2. The molecule has 0 spiro atoms. The van der Waals surface area contributed by atoms with Gasteiger partial charge < -0.3 is 5.32 Å². The van der Waals surface area contributed by atoms with Crippen LogP contribution in [0.1, 0.15) is 73.1 Å². The summed E-state index contributed by atoms with van der Waals surface area (Å²) in [6.07, 6.45) is 4.80. The van der Waals surface area contributed by atoms with Crippen LogP contribution in [0.5, 0.6) is 0 Å². The molecule has 0 saturated heterocycles. The highest BCUT2D eigenvalue weighted by molar-refractivity contribution is 5.93. The summed E-state index contributed by atoms with van der Waals surface area (Å²) in [5.41, 5.74) is 5.28. The van der Waals surface area contributed by atoms with Crippen molar-refractivity contribution in [3.8, 4) is 11.1 Å². The van der Waals surface area contributed by atoms with E-state index in [0.29, 0.717) is 18.8 Å². The van der Waals surface area contributed by atoms with E-state index in [0.717, 1.165) is 18.9 Å². The van der Waals surface area contributed by atoms with Gasteiger partial charge in [0.15, 0.2) is 0 Å². The Bertz CT molecular complexity index is 1210. The van der Waals surface area contributed by atoms with Gasteiger partial charge >= 0.3 is 6.18 Å². The third-order valence-corrected chi connectivity index (χ3v) is 7.91. The van der Waals surface area contributed by atoms with Crippen LogP contribution in [-0.2, 0) is 23.8 Å². The van der Waals surface area contributed by atoms with E-state index in [2.05, 4.69) is 47.8 Å². The quantitative estimate of drug-likeness (QED) is 0.364. The summed E-state index contributed by atoms with van der Waals surface area (Å²) in [7, 11) is 0. The summed E-state index contributed by atoms with van der Waals surface area (Å²) in [5.74, 6) is 0.0287. The minimum Gasteiger partial charge on any atom is -0.325 e. The number of hydrogen-bond donors (Lipinski definition) is 1. The van der Waals surface area contributed by atoms with E-state index in [4.69, 9.17) is 0 Å². The van der Waals surface area contributed by atoms with E-state index in [1.807, 2.05) is 0 Å². The summed E-state index contributed by atoms with van der Waals surface area (Å²) < 4.78 is 40.0. The van der Waals surface area contributed by atoms with Crippen LogP contribution in [0.4, 0.5) is 18.9 Å². The summed E-state index contributed by atoms with van der Waals surface area (Å²) >= 11 is 0. The number of nitrogens with one attached hydrogen (secondary N) is 1. The van der Waals surface area contributed by atoms with E-state index in [1.165, 1.54) is 78.1 Å². The molecule has 1 amide bonds. The number of rotatable bonds is 4. The molecule has 0 aromatic heterocycles. The second-order valence-electron chi connectivity index (χ2n) is 10.2. The number of fused-ring (bicyclic) bond motifs is 1. The van der Waals surface area contributed by atoms with Gasteiger partial charge in [-0.25, -0.2) is 0 Å². The highest BCUT2D eigenvalue weighted by Gasteiger charge is 2.34. The maximum Gasteiger partial charge on any atom is 0.418 e. The summed E-state index contributed by atoms with van der Waals surface area (Å²) in [6, 6.07) is 20.7. The molecule has 1 N–H and O–H groups in total. The Morgan fingerprint density at radius 1 is 0.750 bits per heavy atom. The lowest BCUT2D eigenvalue weighted by atomic mass is 9.83. The molecular formula is C31H32F3NO. The molecule has 2 aliphatic carbocycles. The molecular weight excluding hydrogens is 459 g/mol. The minimum atomic E-state index is -4.51. The third-order valence-electron chi connectivity index (χ3n) is 7.91. The number of anilines is 1. The van der Waals surface area contributed by atoms with Crippen molar-refractivity contribution in [2.24, 2.45) is 5.92 Å². The Morgan fingerprint density at radius 3 is 2.14 bits per heavy atom. The van der Waals surface area contributed by atoms with Crippen molar-refractivity contribution in [2.75, 3.05) is 5.32 Å². The second kappa shape index (κ2) is 10.5. The van der Waals surface area contributed by atoms with Crippen molar-refractivity contribution >= 4 is 11.6 Å². The third kappa shape index (κ3) is 5.50. The van der Waals surface area contributed by atoms with Crippen LogP contribution >= 0.6 is 0 Å². The van der Waals surface area contributed by atoms with Gasteiger partial charge in [-0.05, 0) is 84.4 Å². The van der Waals surface area contributed by atoms with Crippen LogP contribution in [0.3, 0.4) is 0 Å². The highest BCUT2D eigenvalue weighted by Crippen LogP contribution is 2.36. The van der Waals surface area contributed by atoms with Crippen LogP contribution in [0.2, 0.25) is 0 Å². The molecule has 0 heterocycles. The van der Waals surface area contributed by atoms with Gasteiger partial charge in [-0.3, -0.25) is 4.79 Å². The average molecular weight is 492 g/mol. The lowest BCUT2D eigenvalue weighted by Crippen LogP contribution is -2.24. The van der Waals surface area contributed by atoms with Gasteiger partial charge in [-0.1, -0.05) is 73.9 Å². The van der Waals surface area contributed by atoms with E-state index in [-0.39, 0.29) is 17.5 Å². The summed E-state index contributed by atoms with van der Waals surface area (Å²) in [4.78, 5) is 12.9. The molecule has 3 aromatic carbocycles. The number of benzene rings is 3. The molecule has 5 heteroatoms. The fourth-order valence-electron chi connectivity index (χ4n) is 5.81. The van der Waals surface area contributed by atoms with Crippen molar-refractivity contribution in [3.05, 3.63) is 89.0 Å². The number of para-hydroxylation sites is 1. The van der Waals surface area contributed by atoms with Crippen molar-refractivity contribution < 1.29 is 18.0 Å². The molecule has 0 aliphatic heterocycles. The van der Waals surface area contributed by atoms with E-state index >= 15 is 0 Å². The number of hydrogen-bond acceptors (Lipinski definition) is 1. The first-order valence-corrected chi connectivity index (χ1v) is 13.1. The van der Waals surface area contributed by atoms with E-state index in [1.54, 1.807) is 0 Å². The minimum absolute atomic E-state index is 0.171. The molecule has 1 unspecified atom stereocenters.